The Kier molecular flexibility index (Phi) is 4.57. The Morgan fingerprint density at radius 3 is 2.70 bits per heavy atom. The van der Waals surface area contributed by atoms with Crippen molar-refractivity contribution in [2.24, 2.45) is 0 Å². The molecule has 118 valence electrons. The number of rotatable bonds is 5. The standard InChI is InChI=1S/C16H17N5OS/c1-11(2)13-3-5-14(6-4-13)21-16(18-19-20-21)23-10-12-7-8-17-15(22)9-12/h3-9,11H,10H2,1-2H3,(H,17,22). The first-order valence-corrected chi connectivity index (χ1v) is 8.31. The van der Waals surface area contributed by atoms with Gasteiger partial charge in [0.2, 0.25) is 10.7 Å². The second-order valence-electron chi connectivity index (χ2n) is 5.47. The molecular weight excluding hydrogens is 310 g/mol. The molecule has 2 heterocycles. The van der Waals surface area contributed by atoms with E-state index >= 15 is 0 Å². The largest absolute Gasteiger partial charge is 0.329 e. The lowest BCUT2D eigenvalue weighted by molar-refractivity contribution is 0.754. The Bertz CT molecular complexity index is 838. The molecule has 1 N–H and O–H groups in total. The summed E-state index contributed by atoms with van der Waals surface area (Å²) in [7, 11) is 0. The zero-order valence-electron chi connectivity index (χ0n) is 12.9. The molecule has 3 aromatic rings. The summed E-state index contributed by atoms with van der Waals surface area (Å²) in [5, 5.41) is 12.6. The maximum atomic E-state index is 11.3. The monoisotopic (exact) mass is 327 g/mol. The van der Waals surface area contributed by atoms with Gasteiger partial charge in [0, 0.05) is 18.0 Å². The van der Waals surface area contributed by atoms with E-state index in [9.17, 15) is 4.79 Å². The highest BCUT2D eigenvalue weighted by Crippen LogP contribution is 2.23. The number of benzene rings is 1. The molecule has 0 unspecified atom stereocenters. The maximum absolute atomic E-state index is 11.3. The van der Waals surface area contributed by atoms with Crippen molar-refractivity contribution >= 4 is 11.8 Å². The molecule has 1 aromatic carbocycles. The highest BCUT2D eigenvalue weighted by Gasteiger charge is 2.10. The van der Waals surface area contributed by atoms with Gasteiger partial charge in [-0.05, 0) is 45.7 Å². The van der Waals surface area contributed by atoms with Crippen LogP contribution in [0, 0.1) is 0 Å². The second kappa shape index (κ2) is 6.78. The highest BCUT2D eigenvalue weighted by atomic mass is 32.2. The summed E-state index contributed by atoms with van der Waals surface area (Å²) in [6.07, 6.45) is 1.64. The molecule has 0 aliphatic heterocycles. The van der Waals surface area contributed by atoms with Crippen LogP contribution in [0.3, 0.4) is 0 Å². The van der Waals surface area contributed by atoms with Crippen LogP contribution < -0.4 is 5.56 Å². The van der Waals surface area contributed by atoms with Crippen LogP contribution in [0.25, 0.3) is 5.69 Å². The molecule has 7 heteroatoms. The number of H-pyrrole nitrogens is 1. The second-order valence-corrected chi connectivity index (χ2v) is 6.41. The third-order valence-corrected chi connectivity index (χ3v) is 4.44. The molecule has 0 bridgehead atoms. The van der Waals surface area contributed by atoms with E-state index in [0.717, 1.165) is 11.3 Å². The summed E-state index contributed by atoms with van der Waals surface area (Å²) in [4.78, 5) is 13.9. The van der Waals surface area contributed by atoms with Crippen molar-refractivity contribution in [2.75, 3.05) is 0 Å². The first-order valence-electron chi connectivity index (χ1n) is 7.32. The lowest BCUT2D eigenvalue weighted by Gasteiger charge is -2.08. The minimum Gasteiger partial charge on any atom is -0.329 e. The maximum Gasteiger partial charge on any atom is 0.248 e. The summed E-state index contributed by atoms with van der Waals surface area (Å²) in [5.41, 5.74) is 3.03. The average molecular weight is 327 g/mol. The molecule has 2 aromatic heterocycles. The summed E-state index contributed by atoms with van der Waals surface area (Å²) in [6.45, 7) is 4.32. The Balaban J connectivity index is 1.78. The van der Waals surface area contributed by atoms with Crippen molar-refractivity contribution in [2.45, 2.75) is 30.7 Å². The van der Waals surface area contributed by atoms with Crippen LogP contribution in [0.1, 0.15) is 30.9 Å². The normalized spacial score (nSPS) is 11.1. The average Bonchev–Trinajstić information content (AvgIpc) is 3.01. The van der Waals surface area contributed by atoms with E-state index in [0.29, 0.717) is 16.8 Å². The van der Waals surface area contributed by atoms with Gasteiger partial charge in [0.1, 0.15) is 0 Å². The predicted molar refractivity (Wildman–Crippen MR) is 89.9 cm³/mol. The Morgan fingerprint density at radius 1 is 1.22 bits per heavy atom. The van der Waals surface area contributed by atoms with Crippen LogP contribution in [-0.4, -0.2) is 25.2 Å². The van der Waals surface area contributed by atoms with Crippen LogP contribution in [0.2, 0.25) is 0 Å². The third kappa shape index (κ3) is 3.68. The number of thioether (sulfide) groups is 1. The minimum atomic E-state index is -0.105. The van der Waals surface area contributed by atoms with Crippen LogP contribution in [0.5, 0.6) is 0 Å². The van der Waals surface area contributed by atoms with E-state index in [1.54, 1.807) is 16.9 Å². The number of aromatic amines is 1. The summed E-state index contributed by atoms with van der Waals surface area (Å²) in [5.74, 6) is 1.12. The summed E-state index contributed by atoms with van der Waals surface area (Å²) >= 11 is 1.49. The van der Waals surface area contributed by atoms with Crippen LogP contribution in [0.15, 0.2) is 52.5 Å². The lowest BCUT2D eigenvalue weighted by Crippen LogP contribution is -2.04. The minimum absolute atomic E-state index is 0.105. The van der Waals surface area contributed by atoms with E-state index in [-0.39, 0.29) is 5.56 Å². The smallest absolute Gasteiger partial charge is 0.248 e. The fraction of sp³-hybridized carbons (Fsp3) is 0.250. The molecule has 0 radical (unpaired) electrons. The van der Waals surface area contributed by atoms with Gasteiger partial charge in [0.25, 0.3) is 0 Å². The molecule has 0 saturated heterocycles. The SMILES string of the molecule is CC(C)c1ccc(-n2nnnc2SCc2cc[nH]c(=O)c2)cc1. The van der Waals surface area contributed by atoms with Gasteiger partial charge in [-0.25, -0.2) is 0 Å². The third-order valence-electron chi connectivity index (χ3n) is 3.45. The molecule has 0 aliphatic rings. The van der Waals surface area contributed by atoms with E-state index in [1.807, 2.05) is 18.2 Å². The zero-order valence-corrected chi connectivity index (χ0v) is 13.7. The van der Waals surface area contributed by atoms with Gasteiger partial charge in [-0.1, -0.05) is 37.7 Å². The van der Waals surface area contributed by atoms with E-state index < -0.39 is 0 Å². The highest BCUT2D eigenvalue weighted by molar-refractivity contribution is 7.98. The summed E-state index contributed by atoms with van der Waals surface area (Å²) < 4.78 is 1.71. The predicted octanol–water partition coefficient (Wildman–Crippen LogP) is 2.77. The van der Waals surface area contributed by atoms with E-state index in [1.165, 1.54) is 17.3 Å². The van der Waals surface area contributed by atoms with Crippen LogP contribution in [0.4, 0.5) is 0 Å². The molecule has 0 spiro atoms. The lowest BCUT2D eigenvalue weighted by atomic mass is 10.0. The van der Waals surface area contributed by atoms with Crippen molar-refractivity contribution < 1.29 is 0 Å². The van der Waals surface area contributed by atoms with Gasteiger partial charge in [-0.3, -0.25) is 4.79 Å². The van der Waals surface area contributed by atoms with Crippen molar-refractivity contribution in [1.82, 2.24) is 25.2 Å². The van der Waals surface area contributed by atoms with Gasteiger partial charge in [-0.15, -0.1) is 5.10 Å². The molecule has 0 atom stereocenters. The molecule has 0 amide bonds. The number of pyridine rings is 1. The molecular formula is C16H17N5OS. The van der Waals surface area contributed by atoms with E-state index in [4.69, 9.17) is 0 Å². The molecule has 3 rings (SSSR count). The summed E-state index contributed by atoms with van der Waals surface area (Å²) in [6, 6.07) is 11.7. The zero-order chi connectivity index (χ0) is 16.2. The Hall–Kier alpha value is -2.41. The number of hydrogen-bond acceptors (Lipinski definition) is 5. The first-order chi connectivity index (χ1) is 11.1. The van der Waals surface area contributed by atoms with Crippen LogP contribution in [-0.2, 0) is 5.75 Å². The number of nitrogens with one attached hydrogen (secondary N) is 1. The van der Waals surface area contributed by atoms with Crippen molar-refractivity contribution in [3.05, 3.63) is 64.1 Å². The Morgan fingerprint density at radius 2 is 2.00 bits per heavy atom. The van der Waals surface area contributed by atoms with Gasteiger partial charge in [0.15, 0.2) is 0 Å². The fourth-order valence-corrected chi connectivity index (χ4v) is 2.99. The number of aromatic nitrogens is 5. The Labute approximate surface area is 137 Å². The van der Waals surface area contributed by atoms with Gasteiger partial charge in [-0.2, -0.15) is 4.68 Å². The van der Waals surface area contributed by atoms with Gasteiger partial charge in [0.05, 0.1) is 5.69 Å². The van der Waals surface area contributed by atoms with Crippen molar-refractivity contribution in [3.8, 4) is 5.69 Å². The number of tetrazole rings is 1. The van der Waals surface area contributed by atoms with Crippen LogP contribution >= 0.6 is 11.8 Å². The first kappa shape index (κ1) is 15.5. The van der Waals surface area contributed by atoms with Gasteiger partial charge < -0.3 is 4.98 Å². The molecule has 0 fully saturated rings. The fourth-order valence-electron chi connectivity index (χ4n) is 2.16. The quantitative estimate of drug-likeness (QED) is 0.729. The molecule has 23 heavy (non-hydrogen) atoms. The van der Waals surface area contributed by atoms with E-state index in [2.05, 4.69) is 46.5 Å². The van der Waals surface area contributed by atoms with Crippen molar-refractivity contribution in [1.29, 1.82) is 0 Å². The van der Waals surface area contributed by atoms with Gasteiger partial charge >= 0.3 is 0 Å². The molecule has 0 saturated carbocycles. The molecule has 6 nitrogen and oxygen atoms in total. The molecule has 0 aliphatic carbocycles. The number of nitrogens with zero attached hydrogens (tertiary/aromatic N) is 4. The number of hydrogen-bond donors (Lipinski definition) is 1. The topological polar surface area (TPSA) is 76.5 Å². The van der Waals surface area contributed by atoms with Crippen molar-refractivity contribution in [3.63, 3.8) is 0 Å².